The van der Waals surface area contributed by atoms with E-state index in [1.807, 2.05) is 0 Å². The normalized spacial score (nSPS) is 19.4. The molecule has 1 saturated heterocycles. The van der Waals surface area contributed by atoms with Crippen LogP contribution < -0.4 is 4.74 Å². The molecule has 1 aliphatic heterocycles. The van der Waals surface area contributed by atoms with E-state index < -0.39 is 33.7 Å². The third-order valence-corrected chi connectivity index (χ3v) is 7.59. The summed E-state index contributed by atoms with van der Waals surface area (Å²) in [6.07, 6.45) is 2.98. The lowest BCUT2D eigenvalue weighted by molar-refractivity contribution is -0.116. The zero-order chi connectivity index (χ0) is 21.2. The van der Waals surface area contributed by atoms with Crippen LogP contribution in [-0.4, -0.2) is 39.0 Å². The summed E-state index contributed by atoms with van der Waals surface area (Å²) in [5.74, 6) is -1.48. The van der Waals surface area contributed by atoms with Gasteiger partial charge in [0.25, 0.3) is 0 Å². The van der Waals surface area contributed by atoms with Crippen molar-refractivity contribution in [3.05, 3.63) is 34.1 Å². The molecule has 10 heteroatoms. The van der Waals surface area contributed by atoms with E-state index in [1.54, 1.807) is 0 Å². The van der Waals surface area contributed by atoms with Crippen LogP contribution >= 0.6 is 11.6 Å². The highest BCUT2D eigenvalue weighted by atomic mass is 35.5. The second-order valence-corrected chi connectivity index (χ2v) is 9.83. The summed E-state index contributed by atoms with van der Waals surface area (Å²) in [7, 11) is -2.74. The molecule has 1 aromatic rings. The van der Waals surface area contributed by atoms with Crippen LogP contribution in [0, 0.1) is 0 Å². The van der Waals surface area contributed by atoms with E-state index in [4.69, 9.17) is 11.6 Å². The van der Waals surface area contributed by atoms with Crippen LogP contribution in [0.4, 0.5) is 14.5 Å². The third-order valence-electron chi connectivity index (χ3n) is 4.84. The summed E-state index contributed by atoms with van der Waals surface area (Å²) in [4.78, 5) is 25.0. The van der Waals surface area contributed by atoms with Gasteiger partial charge in [0, 0.05) is 29.9 Å². The van der Waals surface area contributed by atoms with Crippen LogP contribution in [0.1, 0.15) is 48.9 Å². The molecule has 0 unspecified atom stereocenters. The zero-order valence-electron chi connectivity index (χ0n) is 15.5. The Balaban J connectivity index is 2.13. The lowest BCUT2D eigenvalue weighted by Crippen LogP contribution is -2.20. The SMILES string of the molecule is O=C1CCCC(O)=C1C(=O)c1ccc(OC(F)F)c(N=S2(=O)CCCCC2)c1Cl. The van der Waals surface area contributed by atoms with E-state index in [1.165, 1.54) is 0 Å². The van der Waals surface area contributed by atoms with E-state index in [9.17, 15) is 27.7 Å². The van der Waals surface area contributed by atoms with E-state index in [0.29, 0.717) is 30.8 Å². The van der Waals surface area contributed by atoms with Crippen molar-refractivity contribution in [3.8, 4) is 5.75 Å². The first-order valence-electron chi connectivity index (χ1n) is 9.22. The van der Waals surface area contributed by atoms with Crippen molar-refractivity contribution in [2.24, 2.45) is 4.36 Å². The van der Waals surface area contributed by atoms with Gasteiger partial charge in [0.1, 0.15) is 17.0 Å². The van der Waals surface area contributed by atoms with Crippen molar-refractivity contribution in [1.82, 2.24) is 0 Å². The Hall–Kier alpha value is -2.00. The minimum absolute atomic E-state index is 0.111. The number of ketones is 2. The summed E-state index contributed by atoms with van der Waals surface area (Å²) in [5, 5.41) is 9.68. The van der Waals surface area contributed by atoms with Gasteiger partial charge in [-0.05, 0) is 31.4 Å². The number of carbonyl (C=O) groups is 2. The predicted octanol–water partition coefficient (Wildman–Crippen LogP) is 4.97. The second-order valence-electron chi connectivity index (χ2n) is 6.91. The number of hydrogen-bond donors (Lipinski definition) is 1. The Labute approximate surface area is 172 Å². The fourth-order valence-corrected chi connectivity index (χ4v) is 5.96. The molecule has 158 valence electrons. The molecule has 2 aliphatic rings. The summed E-state index contributed by atoms with van der Waals surface area (Å²) in [6, 6.07) is 2.22. The number of rotatable bonds is 5. The molecule has 0 amide bonds. The number of allylic oxidation sites excluding steroid dienone is 2. The molecular formula is C19H20ClF2NO5S. The minimum Gasteiger partial charge on any atom is -0.511 e. The maximum atomic E-state index is 13.0. The maximum absolute atomic E-state index is 13.0. The first-order valence-corrected chi connectivity index (χ1v) is 11.4. The Bertz CT molecular complexity index is 987. The predicted molar refractivity (Wildman–Crippen MR) is 105 cm³/mol. The Kier molecular flexibility index (Phi) is 6.58. The molecule has 1 N–H and O–H groups in total. The van der Waals surface area contributed by atoms with Crippen molar-refractivity contribution in [2.75, 3.05) is 11.5 Å². The average molecular weight is 448 g/mol. The summed E-state index contributed by atoms with van der Waals surface area (Å²) in [6.45, 7) is -3.17. The smallest absolute Gasteiger partial charge is 0.387 e. The van der Waals surface area contributed by atoms with Gasteiger partial charge in [-0.2, -0.15) is 13.1 Å². The van der Waals surface area contributed by atoms with Crippen molar-refractivity contribution < 1.29 is 32.4 Å². The number of benzene rings is 1. The van der Waals surface area contributed by atoms with Gasteiger partial charge in [-0.3, -0.25) is 9.59 Å². The number of nitrogens with zero attached hydrogens (tertiary/aromatic N) is 1. The molecule has 0 radical (unpaired) electrons. The van der Waals surface area contributed by atoms with Crippen molar-refractivity contribution in [3.63, 3.8) is 0 Å². The highest BCUT2D eigenvalue weighted by molar-refractivity contribution is 7.93. The summed E-state index contributed by atoms with van der Waals surface area (Å²) < 4.78 is 47.3. The van der Waals surface area contributed by atoms with Crippen molar-refractivity contribution >= 4 is 38.6 Å². The topological polar surface area (TPSA) is 93.0 Å². The average Bonchev–Trinajstić information content (AvgIpc) is 2.64. The van der Waals surface area contributed by atoms with Gasteiger partial charge in [-0.15, -0.1) is 0 Å². The fourth-order valence-electron chi connectivity index (χ4n) is 3.41. The van der Waals surface area contributed by atoms with Crippen LogP contribution in [0.5, 0.6) is 5.75 Å². The van der Waals surface area contributed by atoms with Crippen LogP contribution in [-0.2, 0) is 14.5 Å². The lowest BCUT2D eigenvalue weighted by Gasteiger charge is -2.18. The number of hydrogen-bond acceptors (Lipinski definition) is 6. The lowest BCUT2D eigenvalue weighted by atomic mass is 9.90. The molecular weight excluding hydrogens is 428 g/mol. The quantitative estimate of drug-likeness (QED) is 0.508. The molecule has 0 saturated carbocycles. The number of aliphatic hydroxyl groups excluding tert-OH is 1. The monoisotopic (exact) mass is 447 g/mol. The van der Waals surface area contributed by atoms with E-state index in [0.717, 1.165) is 18.6 Å². The molecule has 1 aromatic carbocycles. The molecule has 1 heterocycles. The summed E-state index contributed by atoms with van der Waals surface area (Å²) in [5.41, 5.74) is -0.857. The van der Waals surface area contributed by atoms with E-state index in [2.05, 4.69) is 9.10 Å². The molecule has 6 nitrogen and oxygen atoms in total. The highest BCUT2D eigenvalue weighted by Gasteiger charge is 2.30. The van der Waals surface area contributed by atoms with Gasteiger partial charge in [0.05, 0.1) is 14.8 Å². The standard InChI is InChI=1S/C19H20ClF2NO5S/c20-16-11(18(26)15-12(24)5-4-6-13(15)25)7-8-14(28-19(21)22)17(16)23-29(27)9-2-1-3-10-29/h7-8,19,24H,1-6,9-10H2. The van der Waals surface area contributed by atoms with Crippen LogP contribution in [0.15, 0.2) is 27.8 Å². The van der Waals surface area contributed by atoms with Gasteiger partial charge in [-0.1, -0.05) is 18.0 Å². The van der Waals surface area contributed by atoms with Gasteiger partial charge in [0.2, 0.25) is 5.78 Å². The van der Waals surface area contributed by atoms with Crippen molar-refractivity contribution in [1.29, 1.82) is 0 Å². The Morgan fingerprint density at radius 1 is 1.17 bits per heavy atom. The zero-order valence-corrected chi connectivity index (χ0v) is 17.0. The third kappa shape index (κ3) is 4.78. The Morgan fingerprint density at radius 3 is 2.48 bits per heavy atom. The van der Waals surface area contributed by atoms with E-state index >= 15 is 0 Å². The van der Waals surface area contributed by atoms with Crippen LogP contribution in [0.3, 0.4) is 0 Å². The van der Waals surface area contributed by atoms with Crippen LogP contribution in [0.2, 0.25) is 5.02 Å². The Morgan fingerprint density at radius 2 is 1.86 bits per heavy atom. The summed E-state index contributed by atoms with van der Waals surface area (Å²) >= 11 is 6.31. The number of aliphatic hydroxyl groups is 1. The van der Waals surface area contributed by atoms with Gasteiger partial charge >= 0.3 is 6.61 Å². The first-order chi connectivity index (χ1) is 13.7. The second kappa shape index (κ2) is 8.79. The largest absolute Gasteiger partial charge is 0.511 e. The fraction of sp³-hybridized carbons (Fsp3) is 0.474. The van der Waals surface area contributed by atoms with E-state index in [-0.39, 0.29) is 40.4 Å². The molecule has 0 spiro atoms. The first kappa shape index (κ1) is 21.7. The molecule has 0 atom stereocenters. The molecule has 1 aliphatic carbocycles. The van der Waals surface area contributed by atoms with Gasteiger partial charge in [0.15, 0.2) is 11.5 Å². The molecule has 3 rings (SSSR count). The number of alkyl halides is 2. The van der Waals surface area contributed by atoms with Crippen molar-refractivity contribution in [2.45, 2.75) is 45.1 Å². The number of carbonyl (C=O) groups excluding carboxylic acids is 2. The molecule has 0 aromatic heterocycles. The molecule has 0 bridgehead atoms. The van der Waals surface area contributed by atoms with Gasteiger partial charge in [-0.25, -0.2) is 4.21 Å². The maximum Gasteiger partial charge on any atom is 0.387 e. The number of halogens is 3. The minimum atomic E-state index is -3.17. The number of ether oxygens (including phenoxy) is 1. The highest BCUT2D eigenvalue weighted by Crippen LogP contribution is 2.41. The molecule has 1 fully saturated rings. The number of Topliss-reactive ketones (excluding diaryl/α,β-unsaturated/α-hetero) is 2. The van der Waals surface area contributed by atoms with Crippen LogP contribution in [0.25, 0.3) is 0 Å². The molecule has 29 heavy (non-hydrogen) atoms. The van der Waals surface area contributed by atoms with Gasteiger partial charge < -0.3 is 9.84 Å².